The van der Waals surface area contributed by atoms with Gasteiger partial charge in [0.15, 0.2) is 0 Å². The third-order valence-corrected chi connectivity index (χ3v) is 7.35. The fourth-order valence-electron chi connectivity index (χ4n) is 5.20. The summed E-state index contributed by atoms with van der Waals surface area (Å²) in [5, 5.41) is -0.0552. The molecule has 2 heterocycles. The highest BCUT2D eigenvalue weighted by Gasteiger charge is 2.43. The number of hydrogen-bond donors (Lipinski definition) is 0. The summed E-state index contributed by atoms with van der Waals surface area (Å²) in [4.78, 5) is 45.9. The van der Waals surface area contributed by atoms with Crippen LogP contribution in [0.2, 0.25) is 0 Å². The highest BCUT2D eigenvalue weighted by Crippen LogP contribution is 2.25. The van der Waals surface area contributed by atoms with Crippen molar-refractivity contribution in [3.63, 3.8) is 0 Å². The Morgan fingerprint density at radius 3 is 2.10 bits per heavy atom. The Kier molecular flexibility index (Phi) is 9.07. The van der Waals surface area contributed by atoms with Crippen LogP contribution in [-0.4, -0.2) is 71.0 Å². The van der Waals surface area contributed by atoms with E-state index in [1.165, 1.54) is 37.1 Å². The van der Waals surface area contributed by atoms with Gasteiger partial charge in [-0.2, -0.15) is 18.2 Å². The van der Waals surface area contributed by atoms with E-state index in [1.807, 2.05) is 0 Å². The van der Waals surface area contributed by atoms with Crippen LogP contribution in [0.15, 0.2) is 42.5 Å². The zero-order chi connectivity index (χ0) is 29.0. The minimum absolute atomic E-state index is 0.0552. The molecule has 0 N–H and O–H groups in total. The van der Waals surface area contributed by atoms with Crippen LogP contribution in [0.25, 0.3) is 0 Å². The van der Waals surface area contributed by atoms with Gasteiger partial charge in [-0.1, -0.05) is 13.0 Å². The molecule has 2 aromatic carbocycles. The summed E-state index contributed by atoms with van der Waals surface area (Å²) >= 11 is 0. The summed E-state index contributed by atoms with van der Waals surface area (Å²) in [5.74, 6) is -5.85. The molecule has 0 unspecified atom stereocenters. The fraction of sp³-hybridized carbons (Fsp3) is 0.464. The van der Waals surface area contributed by atoms with E-state index >= 15 is 0 Å². The quantitative estimate of drug-likeness (QED) is 0.377. The van der Waals surface area contributed by atoms with Crippen LogP contribution < -0.4 is 0 Å². The average Bonchev–Trinajstić information content (AvgIpc) is 2.93. The van der Waals surface area contributed by atoms with Crippen molar-refractivity contribution in [3.8, 4) is 0 Å². The van der Waals surface area contributed by atoms with Crippen LogP contribution in [0.1, 0.15) is 58.9 Å². The van der Waals surface area contributed by atoms with Crippen molar-refractivity contribution < 1.29 is 41.2 Å². The molecule has 40 heavy (non-hydrogen) atoms. The van der Waals surface area contributed by atoms with E-state index in [0.29, 0.717) is 25.0 Å². The van der Waals surface area contributed by atoms with Crippen LogP contribution in [0.4, 0.5) is 22.0 Å². The Labute approximate surface area is 228 Å². The van der Waals surface area contributed by atoms with E-state index in [1.54, 1.807) is 4.90 Å². The zero-order valence-electron chi connectivity index (χ0n) is 21.9. The molecule has 4 rings (SSSR count). The molecule has 2 aliphatic heterocycles. The highest BCUT2D eigenvalue weighted by molar-refractivity contribution is 5.98. The zero-order valence-corrected chi connectivity index (χ0v) is 21.9. The van der Waals surface area contributed by atoms with E-state index in [2.05, 4.69) is 16.7 Å². The second-order valence-corrected chi connectivity index (χ2v) is 10.3. The summed E-state index contributed by atoms with van der Waals surface area (Å²) in [6.45, 7) is 4.42. The van der Waals surface area contributed by atoms with Gasteiger partial charge in [0.05, 0.1) is 6.54 Å². The van der Waals surface area contributed by atoms with Gasteiger partial charge in [0.2, 0.25) is 0 Å². The number of carbonyl (C=O) groups excluding carboxylic acids is 3. The minimum Gasteiger partial charge on any atom is -0.339 e. The number of alkyl halides is 3. The lowest BCUT2D eigenvalue weighted by Crippen LogP contribution is -2.49. The number of benzene rings is 2. The Morgan fingerprint density at radius 2 is 1.52 bits per heavy atom. The normalized spacial score (nSPS) is 18.9. The Hall–Kier alpha value is -3.54. The predicted molar refractivity (Wildman–Crippen MR) is 134 cm³/mol. The van der Waals surface area contributed by atoms with Gasteiger partial charge in [-0.05, 0) is 74.5 Å². The molecule has 2 aliphatic rings. The van der Waals surface area contributed by atoms with Crippen molar-refractivity contribution in [3.05, 3.63) is 70.8 Å². The lowest BCUT2D eigenvalue weighted by molar-refractivity contribution is -0.230. The van der Waals surface area contributed by atoms with E-state index in [0.717, 1.165) is 44.1 Å². The molecule has 2 amide bonds. The molecule has 2 fully saturated rings. The van der Waals surface area contributed by atoms with Gasteiger partial charge in [0.1, 0.15) is 11.6 Å². The standard InChI is InChI=1S/C28H30F5N3O4/c1-18-4-3-13-35(16-18)21-11-14-34(15-12-21)25(37)19-7-9-20(10-8-19)26(38)36(40-27(39)28(31,32)33)17-22-23(29)5-2-6-24(22)30/h2,5-10,18,21H,3-4,11-17H2,1H3/t18-/m1/s1. The number of hydrogen-bond acceptors (Lipinski definition) is 5. The molecular weight excluding hydrogens is 537 g/mol. The molecule has 2 aromatic rings. The van der Waals surface area contributed by atoms with Crippen molar-refractivity contribution in [2.75, 3.05) is 26.2 Å². The summed E-state index contributed by atoms with van der Waals surface area (Å²) < 4.78 is 66.8. The fourth-order valence-corrected chi connectivity index (χ4v) is 5.20. The van der Waals surface area contributed by atoms with Crippen molar-refractivity contribution >= 4 is 17.8 Å². The third kappa shape index (κ3) is 6.96. The molecular formula is C28H30F5N3O4. The maximum atomic E-state index is 14.1. The molecule has 7 nitrogen and oxygen atoms in total. The molecule has 0 radical (unpaired) electrons. The van der Waals surface area contributed by atoms with Gasteiger partial charge >= 0.3 is 12.1 Å². The number of halogens is 5. The van der Waals surface area contributed by atoms with Gasteiger partial charge in [-0.15, -0.1) is 0 Å². The smallest absolute Gasteiger partial charge is 0.339 e. The summed E-state index contributed by atoms with van der Waals surface area (Å²) in [6, 6.07) is 8.20. The third-order valence-electron chi connectivity index (χ3n) is 7.35. The number of rotatable bonds is 5. The lowest BCUT2D eigenvalue weighted by atomic mass is 9.95. The number of nitrogens with zero attached hydrogens (tertiary/aromatic N) is 3. The van der Waals surface area contributed by atoms with Crippen LogP contribution in [0, 0.1) is 17.6 Å². The second-order valence-electron chi connectivity index (χ2n) is 10.3. The summed E-state index contributed by atoms with van der Waals surface area (Å²) in [5.41, 5.74) is -0.748. The molecule has 1 atom stereocenters. The number of hydroxylamine groups is 2. The second kappa shape index (κ2) is 12.3. The first-order valence-electron chi connectivity index (χ1n) is 13.1. The van der Waals surface area contributed by atoms with E-state index in [4.69, 9.17) is 0 Å². The number of amides is 2. The van der Waals surface area contributed by atoms with Crippen molar-refractivity contribution in [1.29, 1.82) is 0 Å². The molecule has 0 spiro atoms. The van der Waals surface area contributed by atoms with Crippen LogP contribution in [0.3, 0.4) is 0 Å². The van der Waals surface area contributed by atoms with Crippen molar-refractivity contribution in [2.45, 2.75) is 51.4 Å². The highest BCUT2D eigenvalue weighted by atomic mass is 19.4. The monoisotopic (exact) mass is 567 g/mol. The summed E-state index contributed by atoms with van der Waals surface area (Å²) in [7, 11) is 0. The molecule has 0 saturated carbocycles. The van der Waals surface area contributed by atoms with Crippen LogP contribution >= 0.6 is 0 Å². The van der Waals surface area contributed by atoms with Gasteiger partial charge in [0, 0.05) is 42.4 Å². The largest absolute Gasteiger partial charge is 0.493 e. The van der Waals surface area contributed by atoms with E-state index < -0.39 is 41.8 Å². The van der Waals surface area contributed by atoms with Crippen LogP contribution in [-0.2, 0) is 16.2 Å². The maximum Gasteiger partial charge on any atom is 0.493 e. The molecule has 0 bridgehead atoms. The molecule has 0 aromatic heterocycles. The summed E-state index contributed by atoms with van der Waals surface area (Å²) in [6.07, 6.45) is -1.35. The number of piperidine rings is 2. The van der Waals surface area contributed by atoms with Crippen molar-refractivity contribution in [2.24, 2.45) is 5.92 Å². The average molecular weight is 568 g/mol. The van der Waals surface area contributed by atoms with E-state index in [-0.39, 0.29) is 22.1 Å². The topological polar surface area (TPSA) is 70.2 Å². The van der Waals surface area contributed by atoms with Gasteiger partial charge in [-0.25, -0.2) is 13.6 Å². The van der Waals surface area contributed by atoms with Gasteiger partial charge < -0.3 is 9.74 Å². The molecule has 12 heteroatoms. The van der Waals surface area contributed by atoms with Gasteiger partial charge in [-0.3, -0.25) is 14.5 Å². The number of carbonyl (C=O) groups is 3. The lowest BCUT2D eigenvalue weighted by Gasteiger charge is -2.41. The Bertz CT molecular complexity index is 1210. The maximum absolute atomic E-state index is 14.1. The Balaban J connectivity index is 1.44. The van der Waals surface area contributed by atoms with Crippen LogP contribution in [0.5, 0.6) is 0 Å². The van der Waals surface area contributed by atoms with Crippen molar-refractivity contribution in [1.82, 2.24) is 14.9 Å². The number of likely N-dealkylation sites (tertiary alicyclic amines) is 2. The molecule has 2 saturated heterocycles. The Morgan fingerprint density at radius 1 is 0.925 bits per heavy atom. The van der Waals surface area contributed by atoms with E-state index in [9.17, 15) is 36.3 Å². The SMILES string of the molecule is C[C@@H]1CCCN(C2CCN(C(=O)c3ccc(C(=O)N(Cc4c(F)cccc4F)OC(=O)C(F)(F)F)cc3)CC2)C1. The first-order chi connectivity index (χ1) is 18.9. The minimum atomic E-state index is -5.46. The first-order valence-corrected chi connectivity index (χ1v) is 13.1. The first kappa shape index (κ1) is 29.4. The molecule has 0 aliphatic carbocycles. The van der Waals surface area contributed by atoms with Gasteiger partial charge in [0.25, 0.3) is 11.8 Å². The molecule has 216 valence electrons. The predicted octanol–water partition coefficient (Wildman–Crippen LogP) is 4.96.